The largest absolute Gasteiger partial charge is 0.497 e. The van der Waals surface area contributed by atoms with Gasteiger partial charge in [0.15, 0.2) is 0 Å². The summed E-state index contributed by atoms with van der Waals surface area (Å²) in [5.41, 5.74) is 0. The van der Waals surface area contributed by atoms with Crippen LogP contribution < -0.4 is 9.47 Å². The lowest BCUT2D eigenvalue weighted by Crippen LogP contribution is -2.05. The van der Waals surface area contributed by atoms with Crippen LogP contribution in [0.1, 0.15) is 13.8 Å². The Morgan fingerprint density at radius 3 is 2.31 bits per heavy atom. The van der Waals surface area contributed by atoms with Crippen molar-refractivity contribution in [1.29, 1.82) is 0 Å². The molecule has 0 bridgehead atoms. The van der Waals surface area contributed by atoms with Gasteiger partial charge in [-0.25, -0.2) is 0 Å². The second-order valence-corrected chi connectivity index (χ2v) is 3.43. The lowest BCUT2D eigenvalue weighted by atomic mass is 10.3. The van der Waals surface area contributed by atoms with Crippen LogP contribution in [-0.4, -0.2) is 13.2 Å². The molecule has 0 heterocycles. The quantitative estimate of drug-likeness (QED) is 0.747. The van der Waals surface area contributed by atoms with Crippen LogP contribution in [-0.2, 0) is 0 Å². The summed E-state index contributed by atoms with van der Waals surface area (Å²) in [4.78, 5) is 0. The average Bonchev–Trinajstić information content (AvgIpc) is 2.01. The zero-order chi connectivity index (χ0) is 9.84. The van der Waals surface area contributed by atoms with Crippen LogP contribution in [0.25, 0.3) is 0 Å². The third kappa shape index (κ3) is 3.15. The molecule has 0 saturated carbocycles. The molecule has 0 aliphatic rings. The van der Waals surface area contributed by atoms with Crippen LogP contribution in [0.4, 0.5) is 0 Å². The van der Waals surface area contributed by atoms with Gasteiger partial charge in [0.05, 0.1) is 13.2 Å². The number of rotatable bonds is 3. The fourth-order valence-electron chi connectivity index (χ4n) is 0.995. The molecule has 0 atom stereocenters. The molecule has 1 rings (SSSR count). The van der Waals surface area contributed by atoms with E-state index in [9.17, 15) is 0 Å². The molecule has 72 valence electrons. The first-order chi connectivity index (χ1) is 6.11. The molecule has 13 heavy (non-hydrogen) atoms. The van der Waals surface area contributed by atoms with Crippen molar-refractivity contribution in [3.63, 3.8) is 0 Å². The lowest BCUT2D eigenvalue weighted by Gasteiger charge is -2.11. The molecular formula is C10H13ClO2. The van der Waals surface area contributed by atoms with E-state index in [1.165, 1.54) is 0 Å². The van der Waals surface area contributed by atoms with Gasteiger partial charge >= 0.3 is 0 Å². The van der Waals surface area contributed by atoms with Gasteiger partial charge in [-0.05, 0) is 26.0 Å². The lowest BCUT2D eigenvalue weighted by molar-refractivity contribution is 0.241. The fraction of sp³-hybridized carbons (Fsp3) is 0.400. The van der Waals surface area contributed by atoms with Crippen molar-refractivity contribution < 1.29 is 9.47 Å². The van der Waals surface area contributed by atoms with E-state index in [2.05, 4.69) is 0 Å². The van der Waals surface area contributed by atoms with Gasteiger partial charge in [-0.1, -0.05) is 11.6 Å². The van der Waals surface area contributed by atoms with Crippen LogP contribution in [0.3, 0.4) is 0 Å². The minimum absolute atomic E-state index is 0.142. The molecule has 1 aromatic carbocycles. The van der Waals surface area contributed by atoms with Gasteiger partial charge in [0.1, 0.15) is 11.5 Å². The molecule has 0 aliphatic carbocycles. The first kappa shape index (κ1) is 10.2. The van der Waals surface area contributed by atoms with Crippen molar-refractivity contribution >= 4 is 11.6 Å². The predicted molar refractivity (Wildman–Crippen MR) is 53.8 cm³/mol. The fourth-order valence-corrected chi connectivity index (χ4v) is 1.21. The predicted octanol–water partition coefficient (Wildman–Crippen LogP) is 3.14. The molecule has 0 aliphatic heterocycles. The van der Waals surface area contributed by atoms with Crippen LogP contribution in [0.2, 0.25) is 5.02 Å². The van der Waals surface area contributed by atoms with Gasteiger partial charge < -0.3 is 9.47 Å². The highest BCUT2D eigenvalue weighted by molar-refractivity contribution is 6.30. The molecular weight excluding hydrogens is 188 g/mol. The Balaban J connectivity index is 2.88. The molecule has 0 radical (unpaired) electrons. The van der Waals surface area contributed by atoms with Crippen molar-refractivity contribution in [2.75, 3.05) is 7.11 Å². The number of hydrogen-bond donors (Lipinski definition) is 0. The van der Waals surface area contributed by atoms with Gasteiger partial charge in [-0.2, -0.15) is 0 Å². The van der Waals surface area contributed by atoms with Crippen LogP contribution >= 0.6 is 11.6 Å². The number of methoxy groups -OCH3 is 1. The maximum atomic E-state index is 5.85. The summed E-state index contributed by atoms with van der Waals surface area (Å²) >= 11 is 5.85. The van der Waals surface area contributed by atoms with Crippen LogP contribution in [0.5, 0.6) is 11.5 Å². The second kappa shape index (κ2) is 4.38. The third-order valence-electron chi connectivity index (χ3n) is 1.45. The Kier molecular flexibility index (Phi) is 3.43. The van der Waals surface area contributed by atoms with Crippen LogP contribution in [0.15, 0.2) is 18.2 Å². The van der Waals surface area contributed by atoms with Gasteiger partial charge in [0.25, 0.3) is 0 Å². The molecule has 0 fully saturated rings. The topological polar surface area (TPSA) is 18.5 Å². The molecule has 0 aromatic heterocycles. The molecule has 2 nitrogen and oxygen atoms in total. The van der Waals surface area contributed by atoms with Gasteiger partial charge in [0, 0.05) is 11.1 Å². The SMILES string of the molecule is COc1cc(Cl)cc(OC(C)C)c1. The summed E-state index contributed by atoms with van der Waals surface area (Å²) in [6, 6.07) is 5.32. The van der Waals surface area contributed by atoms with E-state index >= 15 is 0 Å². The number of ether oxygens (including phenoxy) is 2. The summed E-state index contributed by atoms with van der Waals surface area (Å²) < 4.78 is 10.5. The number of halogens is 1. The zero-order valence-electron chi connectivity index (χ0n) is 8.00. The molecule has 0 amide bonds. The minimum atomic E-state index is 0.142. The highest BCUT2D eigenvalue weighted by atomic mass is 35.5. The van der Waals surface area contributed by atoms with Crippen molar-refractivity contribution in [3.8, 4) is 11.5 Å². The standard InChI is InChI=1S/C10H13ClO2/c1-7(2)13-10-5-8(11)4-9(6-10)12-3/h4-7H,1-3H3. The molecule has 3 heteroatoms. The van der Waals surface area contributed by atoms with E-state index in [1.54, 1.807) is 19.2 Å². The van der Waals surface area contributed by atoms with E-state index in [0.717, 1.165) is 5.75 Å². The summed E-state index contributed by atoms with van der Waals surface area (Å²) in [5, 5.41) is 0.620. The first-order valence-corrected chi connectivity index (χ1v) is 4.51. The average molecular weight is 201 g/mol. The Bertz CT molecular complexity index is 284. The molecule has 0 unspecified atom stereocenters. The monoisotopic (exact) mass is 200 g/mol. The van der Waals surface area contributed by atoms with E-state index in [4.69, 9.17) is 21.1 Å². The van der Waals surface area contributed by atoms with E-state index in [0.29, 0.717) is 10.8 Å². The summed E-state index contributed by atoms with van der Waals surface area (Å²) in [7, 11) is 1.60. The van der Waals surface area contributed by atoms with Gasteiger partial charge in [-0.15, -0.1) is 0 Å². The van der Waals surface area contributed by atoms with Gasteiger partial charge in [0.2, 0.25) is 0 Å². The van der Waals surface area contributed by atoms with Gasteiger partial charge in [-0.3, -0.25) is 0 Å². The molecule has 1 aromatic rings. The smallest absolute Gasteiger partial charge is 0.124 e. The van der Waals surface area contributed by atoms with Crippen molar-refractivity contribution in [1.82, 2.24) is 0 Å². The minimum Gasteiger partial charge on any atom is -0.497 e. The van der Waals surface area contributed by atoms with Crippen molar-refractivity contribution in [2.24, 2.45) is 0 Å². The number of hydrogen-bond acceptors (Lipinski definition) is 2. The van der Waals surface area contributed by atoms with E-state index in [-0.39, 0.29) is 6.10 Å². The van der Waals surface area contributed by atoms with Crippen molar-refractivity contribution in [2.45, 2.75) is 20.0 Å². The highest BCUT2D eigenvalue weighted by Gasteiger charge is 2.02. The maximum Gasteiger partial charge on any atom is 0.124 e. The summed E-state index contributed by atoms with van der Waals surface area (Å²) in [6.45, 7) is 3.93. The number of benzene rings is 1. The molecule has 0 spiro atoms. The Labute approximate surface area is 83.4 Å². The van der Waals surface area contributed by atoms with Crippen LogP contribution in [0, 0.1) is 0 Å². The van der Waals surface area contributed by atoms with Crippen molar-refractivity contribution in [3.05, 3.63) is 23.2 Å². The van der Waals surface area contributed by atoms with E-state index < -0.39 is 0 Å². The molecule has 0 saturated heterocycles. The third-order valence-corrected chi connectivity index (χ3v) is 1.67. The van der Waals surface area contributed by atoms with E-state index in [1.807, 2.05) is 19.9 Å². The second-order valence-electron chi connectivity index (χ2n) is 2.99. The normalized spacial score (nSPS) is 10.2. The Morgan fingerprint density at radius 1 is 1.15 bits per heavy atom. The maximum absolute atomic E-state index is 5.85. The highest BCUT2D eigenvalue weighted by Crippen LogP contribution is 2.26. The summed E-state index contributed by atoms with van der Waals surface area (Å²) in [5.74, 6) is 1.45. The molecule has 0 N–H and O–H groups in total. The Morgan fingerprint density at radius 2 is 1.77 bits per heavy atom. The summed E-state index contributed by atoms with van der Waals surface area (Å²) in [6.07, 6.45) is 0.142. The Hall–Kier alpha value is -0.890. The zero-order valence-corrected chi connectivity index (χ0v) is 8.76. The first-order valence-electron chi connectivity index (χ1n) is 4.13.